The predicted octanol–water partition coefficient (Wildman–Crippen LogP) is 2.13. The van der Waals surface area contributed by atoms with Crippen LogP contribution in [0.3, 0.4) is 0 Å². The molecule has 3 rings (SSSR count). The summed E-state index contributed by atoms with van der Waals surface area (Å²) in [4.78, 5) is 16.4. The van der Waals surface area contributed by atoms with E-state index < -0.39 is 0 Å². The number of nitrogens with one attached hydrogen (secondary N) is 1. The molecule has 3 N–H and O–H groups in total. The number of carbonyl (C=O) groups is 1. The Balaban J connectivity index is 1.61. The maximum absolute atomic E-state index is 12.3. The van der Waals surface area contributed by atoms with E-state index in [9.17, 15) is 4.79 Å². The van der Waals surface area contributed by atoms with Gasteiger partial charge in [-0.25, -0.2) is 0 Å². The molecule has 0 spiro atoms. The quantitative estimate of drug-likeness (QED) is 0.821. The maximum atomic E-state index is 12.3. The highest BCUT2D eigenvalue weighted by atomic mass is 16.5. The van der Waals surface area contributed by atoms with Crippen LogP contribution in [-0.2, 0) is 6.61 Å². The van der Waals surface area contributed by atoms with Gasteiger partial charge in [-0.1, -0.05) is 12.1 Å². The summed E-state index contributed by atoms with van der Waals surface area (Å²) in [5, 5.41) is 3.02. The van der Waals surface area contributed by atoms with Gasteiger partial charge in [0.15, 0.2) is 0 Å². The lowest BCUT2D eigenvalue weighted by Crippen LogP contribution is -2.41. The first kappa shape index (κ1) is 15.5. The fraction of sp³-hybridized carbons (Fsp3) is 0.333. The molecule has 1 aliphatic carbocycles. The molecule has 0 aliphatic heterocycles. The van der Waals surface area contributed by atoms with Crippen LogP contribution in [0.1, 0.15) is 28.8 Å². The van der Waals surface area contributed by atoms with Gasteiger partial charge in [0.2, 0.25) is 0 Å². The number of nitrogens with two attached hydrogens (primary N) is 1. The Bertz CT molecular complexity index is 656. The van der Waals surface area contributed by atoms with E-state index in [1.165, 1.54) is 0 Å². The lowest BCUT2D eigenvalue weighted by molar-refractivity contribution is 0.0933. The molecule has 1 saturated carbocycles. The summed E-state index contributed by atoms with van der Waals surface area (Å²) in [6, 6.07) is 11.1. The zero-order valence-corrected chi connectivity index (χ0v) is 12.9. The number of benzene rings is 1. The van der Waals surface area contributed by atoms with Crippen molar-refractivity contribution in [2.24, 2.45) is 11.7 Å². The van der Waals surface area contributed by atoms with Gasteiger partial charge in [0, 0.05) is 36.1 Å². The second kappa shape index (κ2) is 7.24. The van der Waals surface area contributed by atoms with E-state index in [-0.39, 0.29) is 11.9 Å². The monoisotopic (exact) mass is 311 g/mol. The van der Waals surface area contributed by atoms with Gasteiger partial charge in [-0.05, 0) is 43.0 Å². The summed E-state index contributed by atoms with van der Waals surface area (Å²) in [7, 11) is 0. The van der Waals surface area contributed by atoms with Crippen molar-refractivity contribution in [3.05, 3.63) is 59.9 Å². The standard InChI is InChI=1S/C18H21N3O2/c19-10-17(14-6-7-14)21-18(22)15-4-1-5-16(9-15)23-12-13-3-2-8-20-11-13/h1-5,8-9,11,14,17H,6-7,10,12,19H2,(H,21,22). The van der Waals surface area contributed by atoms with Gasteiger partial charge in [-0.3, -0.25) is 9.78 Å². The van der Waals surface area contributed by atoms with Gasteiger partial charge in [-0.15, -0.1) is 0 Å². The maximum Gasteiger partial charge on any atom is 0.251 e. The molecule has 1 aromatic heterocycles. The molecule has 23 heavy (non-hydrogen) atoms. The smallest absolute Gasteiger partial charge is 0.251 e. The first-order valence-electron chi connectivity index (χ1n) is 7.89. The van der Waals surface area contributed by atoms with Crippen LogP contribution in [0.2, 0.25) is 0 Å². The van der Waals surface area contributed by atoms with Crippen molar-refractivity contribution in [1.82, 2.24) is 10.3 Å². The van der Waals surface area contributed by atoms with E-state index in [1.807, 2.05) is 24.3 Å². The van der Waals surface area contributed by atoms with Gasteiger partial charge in [0.25, 0.3) is 5.91 Å². The SMILES string of the molecule is NCC(NC(=O)c1cccc(OCc2cccnc2)c1)C1CC1. The van der Waals surface area contributed by atoms with Crippen molar-refractivity contribution in [1.29, 1.82) is 0 Å². The number of amides is 1. The second-order valence-corrected chi connectivity index (χ2v) is 5.83. The first-order valence-corrected chi connectivity index (χ1v) is 7.89. The summed E-state index contributed by atoms with van der Waals surface area (Å²) in [6.07, 6.45) is 5.78. The number of nitrogens with zero attached hydrogens (tertiary/aromatic N) is 1. The normalized spacial score (nSPS) is 15.0. The van der Waals surface area contributed by atoms with Gasteiger partial charge in [-0.2, -0.15) is 0 Å². The summed E-state index contributed by atoms with van der Waals surface area (Å²) >= 11 is 0. The zero-order valence-electron chi connectivity index (χ0n) is 12.9. The molecule has 1 heterocycles. The Labute approximate surface area is 135 Å². The minimum absolute atomic E-state index is 0.0717. The molecule has 1 aliphatic rings. The molecule has 1 atom stereocenters. The number of aromatic nitrogens is 1. The van der Waals surface area contributed by atoms with Crippen molar-refractivity contribution in [3.8, 4) is 5.75 Å². The van der Waals surface area contributed by atoms with Gasteiger partial charge >= 0.3 is 0 Å². The highest BCUT2D eigenvalue weighted by molar-refractivity contribution is 5.94. The summed E-state index contributed by atoms with van der Waals surface area (Å²) in [6.45, 7) is 0.903. The lowest BCUT2D eigenvalue weighted by atomic mass is 10.1. The average molecular weight is 311 g/mol. The molecule has 120 valence electrons. The molecule has 2 aromatic rings. The highest BCUT2D eigenvalue weighted by Crippen LogP contribution is 2.32. The number of hydrogen-bond acceptors (Lipinski definition) is 4. The molecular weight excluding hydrogens is 290 g/mol. The molecule has 5 heteroatoms. The van der Waals surface area contributed by atoms with Crippen LogP contribution in [0.25, 0.3) is 0 Å². The third kappa shape index (κ3) is 4.29. The van der Waals surface area contributed by atoms with E-state index >= 15 is 0 Å². The second-order valence-electron chi connectivity index (χ2n) is 5.83. The van der Waals surface area contributed by atoms with Crippen LogP contribution in [0.5, 0.6) is 5.75 Å². The van der Waals surface area contributed by atoms with Crippen LogP contribution in [0.4, 0.5) is 0 Å². The molecule has 0 bridgehead atoms. The van der Waals surface area contributed by atoms with E-state index in [2.05, 4.69) is 10.3 Å². The van der Waals surface area contributed by atoms with Gasteiger partial charge in [0.1, 0.15) is 12.4 Å². The van der Waals surface area contributed by atoms with E-state index in [1.54, 1.807) is 24.5 Å². The van der Waals surface area contributed by atoms with Crippen molar-refractivity contribution in [3.63, 3.8) is 0 Å². The molecule has 1 fully saturated rings. The number of ether oxygens (including phenoxy) is 1. The fourth-order valence-electron chi connectivity index (χ4n) is 2.50. The van der Waals surface area contributed by atoms with Crippen molar-refractivity contribution in [2.45, 2.75) is 25.5 Å². The molecule has 0 saturated heterocycles. The molecule has 5 nitrogen and oxygen atoms in total. The van der Waals surface area contributed by atoms with Crippen LogP contribution in [0.15, 0.2) is 48.8 Å². The Morgan fingerprint density at radius 2 is 2.22 bits per heavy atom. The van der Waals surface area contributed by atoms with Crippen molar-refractivity contribution in [2.75, 3.05) is 6.54 Å². The van der Waals surface area contributed by atoms with Gasteiger partial charge in [0.05, 0.1) is 0 Å². The van der Waals surface area contributed by atoms with Gasteiger partial charge < -0.3 is 15.8 Å². The van der Waals surface area contributed by atoms with Crippen LogP contribution >= 0.6 is 0 Å². The number of hydrogen-bond donors (Lipinski definition) is 2. The minimum atomic E-state index is -0.0980. The Morgan fingerprint density at radius 1 is 1.35 bits per heavy atom. The Morgan fingerprint density at radius 3 is 2.91 bits per heavy atom. The zero-order chi connectivity index (χ0) is 16.1. The van der Waals surface area contributed by atoms with Crippen LogP contribution in [0, 0.1) is 5.92 Å². The van der Waals surface area contributed by atoms with E-state index in [0.29, 0.717) is 30.4 Å². The summed E-state index contributed by atoms with van der Waals surface area (Å²) in [5.41, 5.74) is 7.31. The number of pyridine rings is 1. The summed E-state index contributed by atoms with van der Waals surface area (Å²) in [5.74, 6) is 1.10. The van der Waals surface area contributed by atoms with Crippen molar-refractivity contribution >= 4 is 5.91 Å². The number of carbonyl (C=O) groups excluding carboxylic acids is 1. The Hall–Kier alpha value is -2.40. The van der Waals surface area contributed by atoms with Crippen molar-refractivity contribution < 1.29 is 9.53 Å². The lowest BCUT2D eigenvalue weighted by Gasteiger charge is -2.16. The fourth-order valence-corrected chi connectivity index (χ4v) is 2.50. The largest absolute Gasteiger partial charge is 0.489 e. The molecule has 1 aromatic carbocycles. The molecular formula is C18H21N3O2. The third-order valence-electron chi connectivity index (χ3n) is 3.99. The number of rotatable bonds is 7. The molecule has 1 amide bonds. The first-order chi connectivity index (χ1) is 11.3. The van der Waals surface area contributed by atoms with Crippen LogP contribution < -0.4 is 15.8 Å². The Kier molecular flexibility index (Phi) is 4.88. The minimum Gasteiger partial charge on any atom is -0.489 e. The summed E-state index contributed by atoms with van der Waals surface area (Å²) < 4.78 is 5.73. The molecule has 0 radical (unpaired) electrons. The van der Waals surface area contributed by atoms with Crippen LogP contribution in [-0.4, -0.2) is 23.5 Å². The van der Waals surface area contributed by atoms with E-state index in [0.717, 1.165) is 18.4 Å². The predicted molar refractivity (Wildman–Crippen MR) is 88.0 cm³/mol. The average Bonchev–Trinajstić information content (AvgIpc) is 3.44. The molecule has 1 unspecified atom stereocenters. The third-order valence-corrected chi connectivity index (χ3v) is 3.99. The van der Waals surface area contributed by atoms with E-state index in [4.69, 9.17) is 10.5 Å². The topological polar surface area (TPSA) is 77.2 Å². The highest BCUT2D eigenvalue weighted by Gasteiger charge is 2.31.